The van der Waals surface area contributed by atoms with Crippen LogP contribution in [0.2, 0.25) is 0 Å². The summed E-state index contributed by atoms with van der Waals surface area (Å²) in [4.78, 5) is 27.2. The van der Waals surface area contributed by atoms with Crippen molar-refractivity contribution in [3.8, 4) is 0 Å². The number of urea groups is 1. The fourth-order valence-electron chi connectivity index (χ4n) is 2.54. The minimum atomic E-state index is -0.994. The molecule has 0 unspecified atom stereocenters. The number of carboxylic acid groups (broad SMARTS) is 1. The zero-order chi connectivity index (χ0) is 16.2. The van der Waals surface area contributed by atoms with Gasteiger partial charge in [0.2, 0.25) is 0 Å². The van der Waals surface area contributed by atoms with Gasteiger partial charge < -0.3 is 10.0 Å². The van der Waals surface area contributed by atoms with Crippen molar-refractivity contribution in [1.29, 1.82) is 0 Å². The van der Waals surface area contributed by atoms with E-state index in [-0.39, 0.29) is 18.6 Å². The van der Waals surface area contributed by atoms with E-state index in [4.69, 9.17) is 5.11 Å². The van der Waals surface area contributed by atoms with E-state index in [0.29, 0.717) is 0 Å². The number of para-hydroxylation sites is 2. The Bertz CT molecular complexity index is 644. The molecule has 2 aromatic rings. The number of nitrogens with zero attached hydrogens (tertiary/aromatic N) is 2. The van der Waals surface area contributed by atoms with Gasteiger partial charge >= 0.3 is 12.0 Å². The lowest BCUT2D eigenvalue weighted by molar-refractivity contribution is -0.137. The molecule has 0 atom stereocenters. The SMILES string of the molecule is O=C(O)CN(C(=O)N(c1ccccc1)c1ccccc1)C1CC1. The van der Waals surface area contributed by atoms with E-state index >= 15 is 0 Å². The minimum absolute atomic E-state index is 0.0218. The van der Waals surface area contributed by atoms with Crippen molar-refractivity contribution in [1.82, 2.24) is 4.90 Å². The fourth-order valence-corrected chi connectivity index (χ4v) is 2.54. The lowest BCUT2D eigenvalue weighted by Gasteiger charge is -2.30. The largest absolute Gasteiger partial charge is 0.480 e. The highest BCUT2D eigenvalue weighted by molar-refractivity contribution is 6.00. The quantitative estimate of drug-likeness (QED) is 0.919. The molecule has 0 aromatic heterocycles. The van der Waals surface area contributed by atoms with Gasteiger partial charge in [0.25, 0.3) is 0 Å². The molecule has 5 heteroatoms. The van der Waals surface area contributed by atoms with Crippen molar-refractivity contribution in [3.05, 3.63) is 60.7 Å². The van der Waals surface area contributed by atoms with Gasteiger partial charge in [-0.1, -0.05) is 36.4 Å². The molecule has 2 aromatic carbocycles. The Hall–Kier alpha value is -2.82. The first-order valence-electron chi connectivity index (χ1n) is 7.59. The van der Waals surface area contributed by atoms with Crippen LogP contribution in [0.15, 0.2) is 60.7 Å². The molecular formula is C18H18N2O3. The first-order valence-corrected chi connectivity index (χ1v) is 7.59. The number of carbonyl (C=O) groups is 2. The third-order valence-electron chi connectivity index (χ3n) is 3.76. The van der Waals surface area contributed by atoms with Gasteiger partial charge in [-0.05, 0) is 37.1 Å². The number of anilines is 2. The molecule has 0 heterocycles. The number of aliphatic carboxylic acids is 1. The van der Waals surface area contributed by atoms with Crippen molar-refractivity contribution in [3.63, 3.8) is 0 Å². The van der Waals surface area contributed by atoms with E-state index in [0.717, 1.165) is 24.2 Å². The van der Waals surface area contributed by atoms with E-state index in [1.165, 1.54) is 4.90 Å². The number of carbonyl (C=O) groups excluding carboxylic acids is 1. The summed E-state index contributed by atoms with van der Waals surface area (Å²) >= 11 is 0. The Balaban J connectivity index is 1.97. The van der Waals surface area contributed by atoms with Crippen LogP contribution < -0.4 is 4.90 Å². The van der Waals surface area contributed by atoms with Gasteiger partial charge in [-0.15, -0.1) is 0 Å². The van der Waals surface area contributed by atoms with Crippen LogP contribution in [-0.2, 0) is 4.79 Å². The Morgan fingerprint density at radius 3 is 1.78 bits per heavy atom. The second-order valence-electron chi connectivity index (χ2n) is 5.54. The van der Waals surface area contributed by atoms with Crippen LogP contribution in [0, 0.1) is 0 Å². The summed E-state index contributed by atoms with van der Waals surface area (Å²) in [7, 11) is 0. The summed E-state index contributed by atoms with van der Waals surface area (Å²) in [5, 5.41) is 9.12. The Labute approximate surface area is 134 Å². The maximum atomic E-state index is 13.0. The van der Waals surface area contributed by atoms with E-state index in [9.17, 15) is 9.59 Å². The van der Waals surface area contributed by atoms with Crippen LogP contribution >= 0.6 is 0 Å². The number of amides is 2. The zero-order valence-corrected chi connectivity index (χ0v) is 12.6. The molecule has 2 amide bonds. The molecular weight excluding hydrogens is 292 g/mol. The van der Waals surface area contributed by atoms with Crippen LogP contribution in [0.25, 0.3) is 0 Å². The highest BCUT2D eigenvalue weighted by Crippen LogP contribution is 2.32. The Morgan fingerprint density at radius 2 is 1.39 bits per heavy atom. The lowest BCUT2D eigenvalue weighted by Crippen LogP contribution is -2.44. The van der Waals surface area contributed by atoms with Gasteiger partial charge in [-0.3, -0.25) is 9.69 Å². The van der Waals surface area contributed by atoms with Crippen LogP contribution in [0.1, 0.15) is 12.8 Å². The summed E-state index contributed by atoms with van der Waals surface area (Å²) in [5.74, 6) is -0.994. The second-order valence-corrected chi connectivity index (χ2v) is 5.54. The molecule has 0 aliphatic heterocycles. The smallest absolute Gasteiger partial charge is 0.329 e. The number of rotatable bonds is 5. The van der Waals surface area contributed by atoms with Gasteiger partial charge in [0.1, 0.15) is 6.54 Å². The highest BCUT2D eigenvalue weighted by Gasteiger charge is 2.37. The van der Waals surface area contributed by atoms with E-state index in [1.807, 2.05) is 60.7 Å². The number of benzene rings is 2. The van der Waals surface area contributed by atoms with Gasteiger partial charge in [-0.2, -0.15) is 0 Å². The molecule has 3 rings (SSSR count). The predicted molar refractivity (Wildman–Crippen MR) is 87.8 cm³/mol. The monoisotopic (exact) mass is 310 g/mol. The Morgan fingerprint density at radius 1 is 0.913 bits per heavy atom. The van der Waals surface area contributed by atoms with E-state index in [1.54, 1.807) is 4.90 Å². The fraction of sp³-hybridized carbons (Fsp3) is 0.222. The van der Waals surface area contributed by atoms with Crippen LogP contribution in [0.4, 0.5) is 16.2 Å². The second kappa shape index (κ2) is 6.52. The molecule has 0 saturated heterocycles. The first-order chi connectivity index (χ1) is 11.2. The number of hydrogen-bond donors (Lipinski definition) is 1. The van der Waals surface area contributed by atoms with E-state index < -0.39 is 5.97 Å². The molecule has 118 valence electrons. The zero-order valence-electron chi connectivity index (χ0n) is 12.6. The Kier molecular flexibility index (Phi) is 4.28. The summed E-state index contributed by atoms with van der Waals surface area (Å²) in [6.07, 6.45) is 1.72. The highest BCUT2D eigenvalue weighted by atomic mass is 16.4. The molecule has 1 saturated carbocycles. The average molecular weight is 310 g/mol. The standard InChI is InChI=1S/C18H18N2O3/c21-17(22)13-19(14-11-12-14)18(23)20(15-7-3-1-4-8-15)16-9-5-2-6-10-16/h1-10,14H,11-13H2,(H,21,22). The predicted octanol–water partition coefficient (Wildman–Crippen LogP) is 3.49. The van der Waals surface area contributed by atoms with Crippen molar-refractivity contribution >= 4 is 23.4 Å². The molecule has 23 heavy (non-hydrogen) atoms. The van der Waals surface area contributed by atoms with Crippen molar-refractivity contribution < 1.29 is 14.7 Å². The normalized spacial score (nSPS) is 13.4. The van der Waals surface area contributed by atoms with Crippen molar-refractivity contribution in [2.75, 3.05) is 11.4 Å². The molecule has 0 spiro atoms. The summed E-state index contributed by atoms with van der Waals surface area (Å²) < 4.78 is 0. The maximum absolute atomic E-state index is 13.0. The third kappa shape index (κ3) is 3.51. The maximum Gasteiger partial charge on any atom is 0.329 e. The summed E-state index contributed by atoms with van der Waals surface area (Å²) in [5.41, 5.74) is 1.44. The summed E-state index contributed by atoms with van der Waals surface area (Å²) in [6.45, 7) is -0.278. The topological polar surface area (TPSA) is 60.9 Å². The lowest BCUT2D eigenvalue weighted by atomic mass is 10.2. The van der Waals surface area contributed by atoms with Gasteiger partial charge in [-0.25, -0.2) is 4.79 Å². The molecule has 0 bridgehead atoms. The van der Waals surface area contributed by atoms with Gasteiger partial charge in [0.15, 0.2) is 0 Å². The molecule has 1 aliphatic carbocycles. The van der Waals surface area contributed by atoms with Gasteiger partial charge in [0.05, 0.1) is 11.4 Å². The molecule has 1 fully saturated rings. The minimum Gasteiger partial charge on any atom is -0.480 e. The molecule has 1 aliphatic rings. The van der Waals surface area contributed by atoms with E-state index in [2.05, 4.69) is 0 Å². The summed E-state index contributed by atoms with van der Waals surface area (Å²) in [6, 6.07) is 18.3. The number of carboxylic acids is 1. The molecule has 1 N–H and O–H groups in total. The van der Waals surface area contributed by atoms with Gasteiger partial charge in [0, 0.05) is 6.04 Å². The molecule has 0 radical (unpaired) electrons. The van der Waals surface area contributed by atoms with Crippen LogP contribution in [-0.4, -0.2) is 34.6 Å². The first kappa shape index (κ1) is 15.1. The van der Waals surface area contributed by atoms with Crippen molar-refractivity contribution in [2.24, 2.45) is 0 Å². The third-order valence-corrected chi connectivity index (χ3v) is 3.76. The van der Waals surface area contributed by atoms with Crippen molar-refractivity contribution in [2.45, 2.75) is 18.9 Å². The molecule has 5 nitrogen and oxygen atoms in total. The van der Waals surface area contributed by atoms with Crippen LogP contribution in [0.5, 0.6) is 0 Å². The van der Waals surface area contributed by atoms with Crippen LogP contribution in [0.3, 0.4) is 0 Å². The number of hydrogen-bond acceptors (Lipinski definition) is 2. The average Bonchev–Trinajstić information content (AvgIpc) is 3.39.